The molecule has 0 atom stereocenters. The molecule has 138 valence electrons. The number of unbranched alkanes of at least 4 members (excludes halogenated alkanes) is 2. The first-order valence-electron chi connectivity index (χ1n) is 8.79. The number of carboxylic acid groups (broad SMARTS) is 1. The molecule has 0 bridgehead atoms. The van der Waals surface area contributed by atoms with E-state index in [4.69, 9.17) is 14.9 Å². The topological polar surface area (TPSA) is 83.8 Å². The molecule has 0 radical (unpaired) electrons. The Bertz CT molecular complexity index is 704. The summed E-state index contributed by atoms with van der Waals surface area (Å²) in [5.41, 5.74) is 2.52. The highest BCUT2D eigenvalue weighted by Crippen LogP contribution is 2.23. The monoisotopic (exact) mass is 356 g/mol. The summed E-state index contributed by atoms with van der Waals surface area (Å²) in [6.45, 7) is 0.852. The molecule has 0 saturated heterocycles. The number of aliphatic carboxylic acids is 1. The molecule has 0 saturated carbocycles. The van der Waals surface area contributed by atoms with Gasteiger partial charge in [0.2, 0.25) is 0 Å². The first-order valence-corrected chi connectivity index (χ1v) is 8.79. The second-order valence-electron chi connectivity index (χ2n) is 6.05. The molecule has 0 fully saturated rings. The van der Waals surface area contributed by atoms with Crippen molar-refractivity contribution in [1.82, 2.24) is 0 Å². The van der Waals surface area contributed by atoms with Gasteiger partial charge in [-0.15, -0.1) is 0 Å². The lowest BCUT2D eigenvalue weighted by atomic mass is 10.0. The van der Waals surface area contributed by atoms with Gasteiger partial charge >= 0.3 is 5.97 Å². The summed E-state index contributed by atoms with van der Waals surface area (Å²) < 4.78 is 5.67. The van der Waals surface area contributed by atoms with E-state index in [0.717, 1.165) is 36.1 Å². The molecule has 2 aromatic carbocycles. The van der Waals surface area contributed by atoms with E-state index in [-0.39, 0.29) is 25.2 Å². The number of rotatable bonds is 11. The van der Waals surface area contributed by atoms with Crippen LogP contribution < -0.4 is 4.74 Å². The molecule has 2 N–H and O–H groups in total. The van der Waals surface area contributed by atoms with Gasteiger partial charge in [0, 0.05) is 18.6 Å². The number of hydrogen-bond donors (Lipinski definition) is 2. The maximum atomic E-state index is 11.9. The van der Waals surface area contributed by atoms with Gasteiger partial charge < -0.3 is 14.9 Å². The third-order valence-corrected chi connectivity index (χ3v) is 4.03. The summed E-state index contributed by atoms with van der Waals surface area (Å²) >= 11 is 0. The summed E-state index contributed by atoms with van der Waals surface area (Å²) in [6, 6.07) is 14.9. The van der Waals surface area contributed by atoms with Gasteiger partial charge in [-0.1, -0.05) is 36.4 Å². The first-order chi connectivity index (χ1) is 12.6. The number of ether oxygens (including phenoxy) is 1. The Labute approximate surface area is 153 Å². The highest BCUT2D eigenvalue weighted by Gasteiger charge is 2.08. The second kappa shape index (κ2) is 10.4. The summed E-state index contributed by atoms with van der Waals surface area (Å²) in [7, 11) is 0. The molecule has 2 rings (SSSR count). The van der Waals surface area contributed by atoms with Crippen LogP contribution in [0, 0.1) is 0 Å². The predicted molar refractivity (Wildman–Crippen MR) is 99.5 cm³/mol. The SMILES string of the molecule is O=C(O)CCC(=O)c1ccc(-c2ccc(OCCCCCO)cc2)cc1. The van der Waals surface area contributed by atoms with Crippen molar-refractivity contribution in [2.24, 2.45) is 0 Å². The molecule has 0 aliphatic carbocycles. The normalized spacial score (nSPS) is 10.5. The van der Waals surface area contributed by atoms with Gasteiger partial charge in [-0.2, -0.15) is 0 Å². The second-order valence-corrected chi connectivity index (χ2v) is 6.05. The molecule has 5 heteroatoms. The van der Waals surface area contributed by atoms with Crippen molar-refractivity contribution in [3.63, 3.8) is 0 Å². The zero-order valence-corrected chi connectivity index (χ0v) is 14.7. The highest BCUT2D eigenvalue weighted by atomic mass is 16.5. The van der Waals surface area contributed by atoms with Crippen molar-refractivity contribution in [3.05, 3.63) is 54.1 Å². The van der Waals surface area contributed by atoms with Gasteiger partial charge in [0.1, 0.15) is 5.75 Å². The summed E-state index contributed by atoms with van der Waals surface area (Å²) in [6.07, 6.45) is 2.53. The highest BCUT2D eigenvalue weighted by molar-refractivity contribution is 5.97. The number of carbonyl (C=O) groups is 2. The molecule has 26 heavy (non-hydrogen) atoms. The fourth-order valence-corrected chi connectivity index (χ4v) is 2.54. The molecule has 0 amide bonds. The standard InChI is InChI=1S/C21H24O5/c22-14-2-1-3-15-26-19-10-8-17(9-11-19)16-4-6-18(7-5-16)20(23)12-13-21(24)25/h4-11,22H,1-3,12-15H2,(H,24,25). The van der Waals surface area contributed by atoms with E-state index < -0.39 is 5.97 Å². The lowest BCUT2D eigenvalue weighted by Gasteiger charge is -2.08. The van der Waals surface area contributed by atoms with Crippen molar-refractivity contribution in [2.45, 2.75) is 32.1 Å². The zero-order valence-electron chi connectivity index (χ0n) is 14.7. The number of Topliss-reactive ketones (excluding diaryl/α,β-unsaturated/α-hetero) is 1. The number of aliphatic hydroxyl groups excluding tert-OH is 1. The fraction of sp³-hybridized carbons (Fsp3) is 0.333. The maximum absolute atomic E-state index is 11.9. The third-order valence-electron chi connectivity index (χ3n) is 4.03. The molecule has 0 aliphatic rings. The van der Waals surface area contributed by atoms with Crippen LogP contribution in [0.2, 0.25) is 0 Å². The Morgan fingerprint density at radius 2 is 1.42 bits per heavy atom. The molecule has 0 aliphatic heterocycles. The van der Waals surface area contributed by atoms with Gasteiger partial charge in [0.15, 0.2) is 5.78 Å². The largest absolute Gasteiger partial charge is 0.494 e. The molecule has 5 nitrogen and oxygen atoms in total. The van der Waals surface area contributed by atoms with Crippen LogP contribution in [0.1, 0.15) is 42.5 Å². The average Bonchev–Trinajstić information content (AvgIpc) is 2.66. The minimum absolute atomic E-state index is 0.0129. The average molecular weight is 356 g/mol. The third kappa shape index (κ3) is 6.33. The molecule has 0 unspecified atom stereocenters. The lowest BCUT2D eigenvalue weighted by Crippen LogP contribution is -2.03. The van der Waals surface area contributed by atoms with E-state index in [2.05, 4.69) is 0 Å². The fourth-order valence-electron chi connectivity index (χ4n) is 2.54. The number of carboxylic acids is 1. The van der Waals surface area contributed by atoms with Crippen LogP contribution in [-0.4, -0.2) is 35.2 Å². The van der Waals surface area contributed by atoms with Crippen molar-refractivity contribution in [3.8, 4) is 16.9 Å². The lowest BCUT2D eigenvalue weighted by molar-refractivity contribution is -0.136. The van der Waals surface area contributed by atoms with E-state index in [1.54, 1.807) is 12.1 Å². The van der Waals surface area contributed by atoms with Gasteiger partial charge in [0.25, 0.3) is 0 Å². The van der Waals surface area contributed by atoms with Crippen LogP contribution in [0.15, 0.2) is 48.5 Å². The van der Waals surface area contributed by atoms with Gasteiger partial charge in [-0.3, -0.25) is 9.59 Å². The van der Waals surface area contributed by atoms with E-state index in [1.807, 2.05) is 36.4 Å². The van der Waals surface area contributed by atoms with Crippen LogP contribution >= 0.6 is 0 Å². The Hall–Kier alpha value is -2.66. The zero-order chi connectivity index (χ0) is 18.8. The van der Waals surface area contributed by atoms with E-state index in [1.165, 1.54) is 0 Å². The Morgan fingerprint density at radius 3 is 2.00 bits per heavy atom. The molecule has 0 aromatic heterocycles. The number of ketones is 1. The van der Waals surface area contributed by atoms with Crippen LogP contribution in [0.3, 0.4) is 0 Å². The summed E-state index contributed by atoms with van der Waals surface area (Å²) in [5.74, 6) is -0.326. The molecule has 0 heterocycles. The molecule has 2 aromatic rings. The van der Waals surface area contributed by atoms with Gasteiger partial charge in [-0.05, 0) is 42.5 Å². The molecular weight excluding hydrogens is 332 g/mol. The summed E-state index contributed by atoms with van der Waals surface area (Å²) in [4.78, 5) is 22.5. The van der Waals surface area contributed by atoms with E-state index in [0.29, 0.717) is 12.2 Å². The van der Waals surface area contributed by atoms with Crippen molar-refractivity contribution in [2.75, 3.05) is 13.2 Å². The van der Waals surface area contributed by atoms with Gasteiger partial charge in [-0.25, -0.2) is 0 Å². The number of carbonyl (C=O) groups excluding carboxylic acids is 1. The summed E-state index contributed by atoms with van der Waals surface area (Å²) in [5, 5.41) is 17.4. The first kappa shape index (κ1) is 19.7. The minimum Gasteiger partial charge on any atom is -0.494 e. The number of aliphatic hydroxyl groups is 1. The van der Waals surface area contributed by atoms with Crippen LogP contribution in [0.25, 0.3) is 11.1 Å². The van der Waals surface area contributed by atoms with Crippen molar-refractivity contribution >= 4 is 11.8 Å². The Balaban J connectivity index is 1.90. The smallest absolute Gasteiger partial charge is 0.303 e. The number of benzene rings is 2. The molecular formula is C21H24O5. The molecule has 0 spiro atoms. The van der Waals surface area contributed by atoms with E-state index >= 15 is 0 Å². The van der Waals surface area contributed by atoms with Gasteiger partial charge in [0.05, 0.1) is 13.0 Å². The van der Waals surface area contributed by atoms with Crippen LogP contribution in [-0.2, 0) is 4.79 Å². The van der Waals surface area contributed by atoms with E-state index in [9.17, 15) is 9.59 Å². The predicted octanol–water partition coefficient (Wildman–Crippen LogP) is 3.94. The Morgan fingerprint density at radius 1 is 0.808 bits per heavy atom. The minimum atomic E-state index is -0.967. The maximum Gasteiger partial charge on any atom is 0.303 e. The Kier molecular flexibility index (Phi) is 7.83. The van der Waals surface area contributed by atoms with Crippen LogP contribution in [0.5, 0.6) is 5.75 Å². The van der Waals surface area contributed by atoms with Crippen molar-refractivity contribution in [1.29, 1.82) is 0 Å². The van der Waals surface area contributed by atoms with Crippen LogP contribution in [0.4, 0.5) is 0 Å². The van der Waals surface area contributed by atoms with Crippen molar-refractivity contribution < 1.29 is 24.5 Å². The quantitative estimate of drug-likeness (QED) is 0.470. The number of hydrogen-bond acceptors (Lipinski definition) is 4.